The van der Waals surface area contributed by atoms with Gasteiger partial charge in [0.15, 0.2) is 5.69 Å². The van der Waals surface area contributed by atoms with E-state index in [2.05, 4.69) is 15.3 Å². The molecule has 0 aliphatic rings. The average molecular weight is 294 g/mol. The van der Waals surface area contributed by atoms with E-state index in [1.165, 1.54) is 6.20 Å². The van der Waals surface area contributed by atoms with Gasteiger partial charge in [0.25, 0.3) is 0 Å². The minimum atomic E-state index is -1.21. The maximum Gasteiger partial charge on any atom is 0.356 e. The number of aromatic carboxylic acids is 1. The van der Waals surface area contributed by atoms with Gasteiger partial charge >= 0.3 is 5.97 Å². The van der Waals surface area contributed by atoms with Crippen molar-refractivity contribution in [2.24, 2.45) is 0 Å². The summed E-state index contributed by atoms with van der Waals surface area (Å²) in [5.74, 6) is -0.353. The van der Waals surface area contributed by atoms with Crippen LogP contribution in [-0.4, -0.2) is 27.7 Å². The molecule has 7 heteroatoms. The summed E-state index contributed by atoms with van der Waals surface area (Å²) in [6.07, 6.45) is 1.24. The summed E-state index contributed by atoms with van der Waals surface area (Å²) in [7, 11) is 0. The highest BCUT2D eigenvalue weighted by molar-refractivity contribution is 6.33. The van der Waals surface area contributed by atoms with Crippen molar-refractivity contribution in [1.82, 2.24) is 9.97 Å². The SMILES string of the molecule is CCOc1cccc(Nc2ncc(Cl)c(C(=O)O)n2)c1. The van der Waals surface area contributed by atoms with Crippen molar-refractivity contribution >= 4 is 29.2 Å². The number of rotatable bonds is 5. The molecular weight excluding hydrogens is 282 g/mol. The van der Waals surface area contributed by atoms with Crippen LogP contribution in [0.2, 0.25) is 5.02 Å². The predicted molar refractivity (Wildman–Crippen MR) is 74.9 cm³/mol. The molecule has 0 spiro atoms. The number of carboxylic acid groups (broad SMARTS) is 1. The van der Waals surface area contributed by atoms with Gasteiger partial charge in [0.1, 0.15) is 5.75 Å². The van der Waals surface area contributed by atoms with Crippen LogP contribution in [0.3, 0.4) is 0 Å². The van der Waals surface area contributed by atoms with E-state index in [1.807, 2.05) is 13.0 Å². The van der Waals surface area contributed by atoms with Gasteiger partial charge in [-0.25, -0.2) is 14.8 Å². The van der Waals surface area contributed by atoms with E-state index in [4.69, 9.17) is 21.4 Å². The van der Waals surface area contributed by atoms with Crippen molar-refractivity contribution in [3.05, 3.63) is 41.2 Å². The summed E-state index contributed by atoms with van der Waals surface area (Å²) in [6.45, 7) is 2.45. The number of nitrogens with zero attached hydrogens (tertiary/aromatic N) is 2. The molecule has 0 saturated heterocycles. The molecule has 0 atom stereocenters. The Morgan fingerprint density at radius 2 is 2.30 bits per heavy atom. The molecule has 1 aromatic heterocycles. The van der Waals surface area contributed by atoms with E-state index in [9.17, 15) is 4.79 Å². The Morgan fingerprint density at radius 3 is 3.00 bits per heavy atom. The highest BCUT2D eigenvalue weighted by Crippen LogP contribution is 2.21. The molecule has 0 radical (unpaired) electrons. The van der Waals surface area contributed by atoms with E-state index < -0.39 is 5.97 Å². The second-order valence-electron chi connectivity index (χ2n) is 3.78. The highest BCUT2D eigenvalue weighted by atomic mass is 35.5. The van der Waals surface area contributed by atoms with Crippen molar-refractivity contribution in [2.75, 3.05) is 11.9 Å². The Morgan fingerprint density at radius 1 is 1.50 bits per heavy atom. The summed E-state index contributed by atoms with van der Waals surface area (Å²) >= 11 is 5.71. The molecule has 0 amide bonds. The fraction of sp³-hybridized carbons (Fsp3) is 0.154. The summed E-state index contributed by atoms with van der Waals surface area (Å²) in [6, 6.07) is 7.18. The molecule has 1 heterocycles. The summed E-state index contributed by atoms with van der Waals surface area (Å²) in [5, 5.41) is 11.8. The maximum atomic E-state index is 10.9. The van der Waals surface area contributed by atoms with E-state index in [1.54, 1.807) is 18.2 Å². The van der Waals surface area contributed by atoms with Crippen LogP contribution in [0.4, 0.5) is 11.6 Å². The third-order valence-corrected chi connectivity index (χ3v) is 2.62. The number of hydrogen-bond donors (Lipinski definition) is 2. The number of aromatic nitrogens is 2. The number of halogens is 1. The highest BCUT2D eigenvalue weighted by Gasteiger charge is 2.12. The molecular formula is C13H12ClN3O3. The number of carboxylic acids is 1. The largest absolute Gasteiger partial charge is 0.494 e. The zero-order valence-corrected chi connectivity index (χ0v) is 11.4. The molecule has 6 nitrogen and oxygen atoms in total. The van der Waals surface area contributed by atoms with Gasteiger partial charge in [0.05, 0.1) is 17.8 Å². The lowest BCUT2D eigenvalue weighted by Crippen LogP contribution is -2.06. The van der Waals surface area contributed by atoms with Crippen molar-refractivity contribution in [2.45, 2.75) is 6.92 Å². The molecule has 104 valence electrons. The van der Waals surface area contributed by atoms with Crippen LogP contribution in [0.1, 0.15) is 17.4 Å². The molecule has 2 N–H and O–H groups in total. The second kappa shape index (κ2) is 6.21. The van der Waals surface area contributed by atoms with Crippen LogP contribution in [0.25, 0.3) is 0 Å². The molecule has 0 unspecified atom stereocenters. The molecule has 1 aromatic carbocycles. The van der Waals surface area contributed by atoms with Crippen LogP contribution in [0.5, 0.6) is 5.75 Å². The topological polar surface area (TPSA) is 84.3 Å². The zero-order valence-electron chi connectivity index (χ0n) is 10.6. The summed E-state index contributed by atoms with van der Waals surface area (Å²) in [4.78, 5) is 18.7. The lowest BCUT2D eigenvalue weighted by Gasteiger charge is -2.08. The smallest absolute Gasteiger partial charge is 0.356 e. The van der Waals surface area contributed by atoms with Crippen molar-refractivity contribution in [3.63, 3.8) is 0 Å². The third kappa shape index (κ3) is 3.36. The van der Waals surface area contributed by atoms with Crippen LogP contribution in [0.15, 0.2) is 30.5 Å². The van der Waals surface area contributed by atoms with Crippen LogP contribution >= 0.6 is 11.6 Å². The van der Waals surface area contributed by atoms with E-state index in [0.717, 1.165) is 0 Å². The van der Waals surface area contributed by atoms with E-state index in [0.29, 0.717) is 18.0 Å². The fourth-order valence-corrected chi connectivity index (χ4v) is 1.71. The predicted octanol–water partition coefficient (Wildman–Crippen LogP) is 2.97. The van der Waals surface area contributed by atoms with Gasteiger partial charge in [-0.3, -0.25) is 0 Å². The molecule has 0 aliphatic carbocycles. The number of benzene rings is 1. The van der Waals surface area contributed by atoms with Crippen molar-refractivity contribution in [3.8, 4) is 5.75 Å². The van der Waals surface area contributed by atoms with Crippen molar-refractivity contribution < 1.29 is 14.6 Å². The van der Waals surface area contributed by atoms with Gasteiger partial charge in [0.2, 0.25) is 5.95 Å². The minimum Gasteiger partial charge on any atom is -0.494 e. The lowest BCUT2D eigenvalue weighted by molar-refractivity contribution is 0.0690. The number of anilines is 2. The van der Waals surface area contributed by atoms with Gasteiger partial charge < -0.3 is 15.2 Å². The van der Waals surface area contributed by atoms with Gasteiger partial charge in [-0.05, 0) is 19.1 Å². The van der Waals surface area contributed by atoms with Crippen LogP contribution in [0, 0.1) is 0 Å². The minimum absolute atomic E-state index is 0.00822. The number of ether oxygens (including phenoxy) is 1. The van der Waals surface area contributed by atoms with Gasteiger partial charge in [0, 0.05) is 11.8 Å². The lowest BCUT2D eigenvalue weighted by atomic mass is 10.3. The monoisotopic (exact) mass is 293 g/mol. The summed E-state index contributed by atoms with van der Waals surface area (Å²) < 4.78 is 5.37. The van der Waals surface area contributed by atoms with Gasteiger partial charge in [-0.15, -0.1) is 0 Å². The molecule has 0 bridgehead atoms. The second-order valence-corrected chi connectivity index (χ2v) is 4.19. The standard InChI is InChI=1S/C13H12ClN3O3/c1-2-20-9-5-3-4-8(6-9)16-13-15-7-10(14)11(17-13)12(18)19/h3-7H,2H2,1H3,(H,18,19)(H,15,16,17). The Bertz CT molecular complexity index is 634. The van der Waals surface area contributed by atoms with E-state index in [-0.39, 0.29) is 16.7 Å². The molecule has 0 saturated carbocycles. The van der Waals surface area contributed by atoms with Crippen LogP contribution < -0.4 is 10.1 Å². The first-order chi connectivity index (χ1) is 9.60. The van der Waals surface area contributed by atoms with E-state index >= 15 is 0 Å². The first-order valence-electron chi connectivity index (χ1n) is 5.86. The molecule has 20 heavy (non-hydrogen) atoms. The Balaban J connectivity index is 2.23. The Labute approximate surface area is 120 Å². The van der Waals surface area contributed by atoms with Crippen molar-refractivity contribution in [1.29, 1.82) is 0 Å². The number of hydrogen-bond acceptors (Lipinski definition) is 5. The Kier molecular flexibility index (Phi) is 4.37. The number of nitrogens with one attached hydrogen (secondary N) is 1. The first kappa shape index (κ1) is 14.1. The number of carbonyl (C=O) groups is 1. The molecule has 0 aliphatic heterocycles. The zero-order chi connectivity index (χ0) is 14.5. The molecule has 0 fully saturated rings. The maximum absolute atomic E-state index is 10.9. The average Bonchev–Trinajstić information content (AvgIpc) is 2.41. The first-order valence-corrected chi connectivity index (χ1v) is 6.23. The quantitative estimate of drug-likeness (QED) is 0.881. The normalized spacial score (nSPS) is 10.1. The molecule has 2 rings (SSSR count). The summed E-state index contributed by atoms with van der Waals surface area (Å²) in [5.41, 5.74) is 0.444. The third-order valence-electron chi connectivity index (χ3n) is 2.35. The Hall–Kier alpha value is -2.34. The molecule has 2 aromatic rings. The fourth-order valence-electron chi connectivity index (χ4n) is 1.54. The van der Waals surface area contributed by atoms with Crippen LogP contribution in [-0.2, 0) is 0 Å². The van der Waals surface area contributed by atoms with Gasteiger partial charge in [-0.1, -0.05) is 17.7 Å². The van der Waals surface area contributed by atoms with Gasteiger partial charge in [-0.2, -0.15) is 0 Å².